The highest BCUT2D eigenvalue weighted by Gasteiger charge is 2.09. The molecular weight excluding hydrogens is 211 g/mol. The van der Waals surface area contributed by atoms with Crippen LogP contribution in [0.4, 0.5) is 4.39 Å². The first-order valence-electron chi connectivity index (χ1n) is 4.52. The van der Waals surface area contributed by atoms with Gasteiger partial charge in [-0.05, 0) is 12.1 Å². The van der Waals surface area contributed by atoms with E-state index < -0.39 is 5.82 Å². The zero-order valence-electron chi connectivity index (χ0n) is 8.18. The van der Waals surface area contributed by atoms with Gasteiger partial charge in [0.15, 0.2) is 5.76 Å². The van der Waals surface area contributed by atoms with E-state index in [1.54, 1.807) is 12.1 Å². The monoisotopic (exact) mass is 218 g/mol. The van der Waals surface area contributed by atoms with E-state index in [1.165, 1.54) is 24.4 Å². The SMILES string of the molecule is N#Cc1c(F)cccc1OCc1ccno1. The number of benzene rings is 1. The van der Waals surface area contributed by atoms with Crippen molar-refractivity contribution < 1.29 is 13.7 Å². The van der Waals surface area contributed by atoms with Crippen LogP contribution in [-0.4, -0.2) is 5.16 Å². The quantitative estimate of drug-likeness (QED) is 0.792. The van der Waals surface area contributed by atoms with Crippen molar-refractivity contribution in [2.45, 2.75) is 6.61 Å². The van der Waals surface area contributed by atoms with Gasteiger partial charge in [-0.25, -0.2) is 4.39 Å². The molecule has 0 radical (unpaired) electrons. The zero-order chi connectivity index (χ0) is 11.4. The number of nitriles is 1. The predicted octanol–water partition coefficient (Wildman–Crippen LogP) is 2.26. The number of nitrogens with zero attached hydrogens (tertiary/aromatic N) is 2. The van der Waals surface area contributed by atoms with Gasteiger partial charge in [-0.1, -0.05) is 11.2 Å². The van der Waals surface area contributed by atoms with Crippen LogP contribution in [0.15, 0.2) is 35.0 Å². The van der Waals surface area contributed by atoms with Crippen molar-refractivity contribution in [2.24, 2.45) is 0 Å². The molecule has 4 nitrogen and oxygen atoms in total. The molecule has 0 aliphatic heterocycles. The Morgan fingerprint density at radius 2 is 2.31 bits per heavy atom. The summed E-state index contributed by atoms with van der Waals surface area (Å²) in [5.74, 6) is 0.102. The second kappa shape index (κ2) is 4.45. The first-order valence-corrected chi connectivity index (χ1v) is 4.52. The molecule has 16 heavy (non-hydrogen) atoms. The van der Waals surface area contributed by atoms with Crippen LogP contribution in [0.5, 0.6) is 5.75 Å². The largest absolute Gasteiger partial charge is 0.484 e. The Balaban J connectivity index is 2.16. The standard InChI is InChI=1S/C11H7FN2O2/c12-10-2-1-3-11(9(10)6-13)15-7-8-4-5-14-16-8/h1-5H,7H2. The molecule has 0 amide bonds. The van der Waals surface area contributed by atoms with Gasteiger partial charge >= 0.3 is 0 Å². The molecule has 2 aromatic rings. The van der Waals surface area contributed by atoms with E-state index in [-0.39, 0.29) is 17.9 Å². The van der Waals surface area contributed by atoms with E-state index in [0.29, 0.717) is 5.76 Å². The average molecular weight is 218 g/mol. The van der Waals surface area contributed by atoms with Crippen LogP contribution in [-0.2, 0) is 6.61 Å². The Bertz CT molecular complexity index is 517. The molecule has 0 spiro atoms. The molecule has 0 fully saturated rings. The number of aromatic nitrogens is 1. The lowest BCUT2D eigenvalue weighted by Gasteiger charge is -2.05. The highest BCUT2D eigenvalue weighted by Crippen LogP contribution is 2.21. The fraction of sp³-hybridized carbons (Fsp3) is 0.0909. The Kier molecular flexibility index (Phi) is 2.83. The van der Waals surface area contributed by atoms with Gasteiger partial charge in [-0.15, -0.1) is 0 Å². The van der Waals surface area contributed by atoms with Crippen molar-refractivity contribution in [2.75, 3.05) is 0 Å². The molecule has 0 unspecified atom stereocenters. The van der Waals surface area contributed by atoms with Crippen LogP contribution in [0.1, 0.15) is 11.3 Å². The van der Waals surface area contributed by atoms with Gasteiger partial charge in [-0.2, -0.15) is 5.26 Å². The second-order valence-corrected chi connectivity index (χ2v) is 2.99. The molecule has 0 aliphatic carbocycles. The number of halogens is 1. The van der Waals surface area contributed by atoms with Crippen molar-refractivity contribution in [3.63, 3.8) is 0 Å². The Morgan fingerprint density at radius 3 is 3.00 bits per heavy atom. The van der Waals surface area contributed by atoms with E-state index in [0.717, 1.165) is 0 Å². The highest BCUT2D eigenvalue weighted by atomic mass is 19.1. The summed E-state index contributed by atoms with van der Waals surface area (Å²) < 4.78 is 23.2. The number of rotatable bonds is 3. The zero-order valence-corrected chi connectivity index (χ0v) is 8.18. The first-order chi connectivity index (χ1) is 7.81. The molecule has 1 aromatic heterocycles. The van der Waals surface area contributed by atoms with Gasteiger partial charge in [-0.3, -0.25) is 0 Å². The Labute approximate surface area is 90.9 Å². The van der Waals surface area contributed by atoms with Crippen molar-refractivity contribution >= 4 is 0 Å². The van der Waals surface area contributed by atoms with Crippen molar-refractivity contribution in [3.05, 3.63) is 47.6 Å². The smallest absolute Gasteiger partial charge is 0.174 e. The van der Waals surface area contributed by atoms with Crippen LogP contribution >= 0.6 is 0 Å². The lowest BCUT2D eigenvalue weighted by molar-refractivity contribution is 0.248. The maximum atomic E-state index is 13.2. The van der Waals surface area contributed by atoms with Crippen molar-refractivity contribution in [1.82, 2.24) is 5.16 Å². The van der Waals surface area contributed by atoms with Crippen LogP contribution < -0.4 is 4.74 Å². The van der Waals surface area contributed by atoms with Gasteiger partial charge in [0.05, 0.1) is 6.20 Å². The third kappa shape index (κ3) is 2.01. The molecule has 0 aliphatic rings. The topological polar surface area (TPSA) is 59.0 Å². The van der Waals surface area contributed by atoms with Crippen LogP contribution in [0, 0.1) is 17.1 Å². The molecule has 1 aromatic carbocycles. The number of hydrogen-bond donors (Lipinski definition) is 0. The summed E-state index contributed by atoms with van der Waals surface area (Å²) in [5.41, 5.74) is -0.109. The van der Waals surface area contributed by atoms with Gasteiger partial charge in [0.2, 0.25) is 0 Å². The summed E-state index contributed by atoms with van der Waals surface area (Å²) in [5, 5.41) is 12.3. The van der Waals surface area contributed by atoms with Gasteiger partial charge in [0.1, 0.15) is 29.8 Å². The molecule has 0 bridgehead atoms. The molecule has 0 N–H and O–H groups in total. The highest BCUT2D eigenvalue weighted by molar-refractivity contribution is 5.43. The summed E-state index contributed by atoms with van der Waals surface area (Å²) in [7, 11) is 0. The summed E-state index contributed by atoms with van der Waals surface area (Å²) in [4.78, 5) is 0. The van der Waals surface area contributed by atoms with Gasteiger partial charge < -0.3 is 9.26 Å². The minimum Gasteiger partial charge on any atom is -0.484 e. The minimum absolute atomic E-state index is 0.109. The summed E-state index contributed by atoms with van der Waals surface area (Å²) in [6, 6.07) is 7.59. The molecule has 0 saturated carbocycles. The van der Waals surface area contributed by atoms with Crippen molar-refractivity contribution in [1.29, 1.82) is 5.26 Å². The van der Waals surface area contributed by atoms with Crippen LogP contribution in [0.2, 0.25) is 0 Å². The third-order valence-corrected chi connectivity index (χ3v) is 1.95. The Hall–Kier alpha value is -2.35. The fourth-order valence-electron chi connectivity index (χ4n) is 1.20. The lowest BCUT2D eigenvalue weighted by atomic mass is 10.2. The minimum atomic E-state index is -0.599. The molecule has 0 atom stereocenters. The molecule has 5 heteroatoms. The average Bonchev–Trinajstić information content (AvgIpc) is 2.79. The molecule has 0 saturated heterocycles. The fourth-order valence-corrected chi connectivity index (χ4v) is 1.20. The van der Waals surface area contributed by atoms with E-state index in [4.69, 9.17) is 14.5 Å². The molecule has 2 rings (SSSR count). The third-order valence-electron chi connectivity index (χ3n) is 1.95. The molecule has 80 valence electrons. The normalized spacial score (nSPS) is 9.75. The van der Waals surface area contributed by atoms with Crippen LogP contribution in [0.3, 0.4) is 0 Å². The summed E-state index contributed by atoms with van der Waals surface area (Å²) >= 11 is 0. The predicted molar refractivity (Wildman–Crippen MR) is 52.0 cm³/mol. The number of hydrogen-bond acceptors (Lipinski definition) is 4. The lowest BCUT2D eigenvalue weighted by Crippen LogP contribution is -1.97. The van der Waals surface area contributed by atoms with Gasteiger partial charge in [0.25, 0.3) is 0 Å². The maximum absolute atomic E-state index is 13.2. The second-order valence-electron chi connectivity index (χ2n) is 2.99. The molecular formula is C11H7FN2O2. The maximum Gasteiger partial charge on any atom is 0.174 e. The van der Waals surface area contributed by atoms with Crippen LogP contribution in [0.25, 0.3) is 0 Å². The summed E-state index contributed by atoms with van der Waals surface area (Å²) in [6.45, 7) is 0.109. The van der Waals surface area contributed by atoms with E-state index in [9.17, 15) is 4.39 Å². The van der Waals surface area contributed by atoms with Crippen molar-refractivity contribution in [3.8, 4) is 11.8 Å². The van der Waals surface area contributed by atoms with E-state index >= 15 is 0 Å². The van der Waals surface area contributed by atoms with E-state index in [1.807, 2.05) is 0 Å². The first kappa shape index (κ1) is 10.2. The Morgan fingerprint density at radius 1 is 1.44 bits per heavy atom. The van der Waals surface area contributed by atoms with E-state index in [2.05, 4.69) is 5.16 Å². The molecule has 1 heterocycles. The summed E-state index contributed by atoms with van der Waals surface area (Å²) in [6.07, 6.45) is 1.48. The number of ether oxygens (including phenoxy) is 1. The van der Waals surface area contributed by atoms with Gasteiger partial charge in [0, 0.05) is 6.07 Å².